The van der Waals surface area contributed by atoms with E-state index >= 15 is 0 Å². The Morgan fingerprint density at radius 1 is 1.00 bits per heavy atom. The molecule has 1 aliphatic heterocycles. The monoisotopic (exact) mass is 461 g/mol. The number of hydrogen-bond donors (Lipinski definition) is 2. The van der Waals surface area contributed by atoms with Gasteiger partial charge in [0, 0.05) is 17.8 Å². The first-order valence-corrected chi connectivity index (χ1v) is 10.9. The van der Waals surface area contributed by atoms with Crippen LogP contribution in [0.15, 0.2) is 78.9 Å². The SMILES string of the molecule is CCNC(=O)C1C(c2cccc(NC(=O)c3ccccc3)c2)OC(=O)N1Cc1ccc(F)cc1. The number of benzene rings is 3. The number of anilines is 1. The van der Waals surface area contributed by atoms with Crippen LogP contribution in [0.1, 0.15) is 34.5 Å². The number of nitrogens with zero attached hydrogens (tertiary/aromatic N) is 1. The molecule has 34 heavy (non-hydrogen) atoms. The smallest absolute Gasteiger partial charge is 0.411 e. The minimum absolute atomic E-state index is 0.0852. The van der Waals surface area contributed by atoms with Crippen molar-refractivity contribution < 1.29 is 23.5 Å². The first kappa shape index (κ1) is 23.0. The molecule has 3 aromatic rings. The third kappa shape index (κ3) is 5.06. The highest BCUT2D eigenvalue weighted by atomic mass is 19.1. The molecule has 174 valence electrons. The lowest BCUT2D eigenvalue weighted by molar-refractivity contribution is -0.126. The third-order valence-corrected chi connectivity index (χ3v) is 5.48. The molecule has 1 saturated heterocycles. The minimum Gasteiger partial charge on any atom is -0.438 e. The second-order valence-corrected chi connectivity index (χ2v) is 7.84. The van der Waals surface area contributed by atoms with Crippen LogP contribution in [-0.2, 0) is 16.1 Å². The first-order chi connectivity index (χ1) is 16.5. The summed E-state index contributed by atoms with van der Waals surface area (Å²) in [6, 6.07) is 20.4. The Hall–Kier alpha value is -4.20. The average molecular weight is 461 g/mol. The van der Waals surface area contributed by atoms with Gasteiger partial charge in [-0.05, 0) is 54.4 Å². The zero-order valence-corrected chi connectivity index (χ0v) is 18.5. The van der Waals surface area contributed by atoms with Crippen LogP contribution in [0.2, 0.25) is 0 Å². The summed E-state index contributed by atoms with van der Waals surface area (Å²) < 4.78 is 18.9. The van der Waals surface area contributed by atoms with Crippen molar-refractivity contribution in [2.24, 2.45) is 0 Å². The normalized spacial score (nSPS) is 17.2. The van der Waals surface area contributed by atoms with E-state index in [0.29, 0.717) is 28.9 Å². The molecule has 1 heterocycles. The summed E-state index contributed by atoms with van der Waals surface area (Å²) >= 11 is 0. The summed E-state index contributed by atoms with van der Waals surface area (Å²) in [5, 5.41) is 5.59. The second-order valence-electron chi connectivity index (χ2n) is 7.84. The van der Waals surface area contributed by atoms with Crippen LogP contribution < -0.4 is 10.6 Å². The van der Waals surface area contributed by atoms with E-state index in [4.69, 9.17) is 4.74 Å². The van der Waals surface area contributed by atoms with E-state index in [9.17, 15) is 18.8 Å². The van der Waals surface area contributed by atoms with Gasteiger partial charge >= 0.3 is 6.09 Å². The lowest BCUT2D eigenvalue weighted by Crippen LogP contribution is -2.46. The standard InChI is InChI=1S/C26H24FN3O4/c1-2-28-25(32)22-23(34-26(33)30(22)16-17-11-13-20(27)14-12-17)19-9-6-10-21(15-19)29-24(31)18-7-4-3-5-8-18/h3-15,22-23H,2,16H2,1H3,(H,28,32)(H,29,31). The van der Waals surface area contributed by atoms with Crippen LogP contribution in [0.25, 0.3) is 0 Å². The predicted molar refractivity (Wildman–Crippen MR) is 124 cm³/mol. The Morgan fingerprint density at radius 3 is 2.44 bits per heavy atom. The van der Waals surface area contributed by atoms with Crippen molar-refractivity contribution in [3.8, 4) is 0 Å². The number of carbonyl (C=O) groups excluding carboxylic acids is 3. The van der Waals surface area contributed by atoms with Gasteiger partial charge in [0.15, 0.2) is 12.1 Å². The summed E-state index contributed by atoms with van der Waals surface area (Å²) in [4.78, 5) is 39.6. The Balaban J connectivity index is 1.59. The topological polar surface area (TPSA) is 87.7 Å². The molecular formula is C26H24FN3O4. The van der Waals surface area contributed by atoms with Crippen molar-refractivity contribution in [3.63, 3.8) is 0 Å². The van der Waals surface area contributed by atoms with Crippen LogP contribution in [0.5, 0.6) is 0 Å². The van der Waals surface area contributed by atoms with E-state index < -0.39 is 18.2 Å². The number of rotatable bonds is 7. The fraction of sp³-hybridized carbons (Fsp3) is 0.192. The van der Waals surface area contributed by atoms with E-state index in [1.54, 1.807) is 67.6 Å². The number of nitrogens with one attached hydrogen (secondary N) is 2. The Labute approximate surface area is 196 Å². The van der Waals surface area contributed by atoms with Gasteiger partial charge in [-0.3, -0.25) is 14.5 Å². The predicted octanol–water partition coefficient (Wildman–Crippen LogP) is 4.28. The molecular weight excluding hydrogens is 437 g/mol. The maximum atomic E-state index is 13.3. The van der Waals surface area contributed by atoms with Crippen molar-refractivity contribution >= 4 is 23.6 Å². The molecule has 1 fully saturated rings. The van der Waals surface area contributed by atoms with E-state index in [2.05, 4.69) is 10.6 Å². The van der Waals surface area contributed by atoms with Crippen LogP contribution >= 0.6 is 0 Å². The largest absolute Gasteiger partial charge is 0.438 e. The summed E-state index contributed by atoms with van der Waals surface area (Å²) in [6.45, 7) is 2.25. The molecule has 0 spiro atoms. The highest BCUT2D eigenvalue weighted by Gasteiger charge is 2.46. The molecule has 2 atom stereocenters. The fourth-order valence-corrected chi connectivity index (χ4v) is 3.86. The molecule has 0 aliphatic carbocycles. The van der Waals surface area contributed by atoms with Crippen molar-refractivity contribution in [2.45, 2.75) is 25.6 Å². The number of amides is 3. The second kappa shape index (κ2) is 10.2. The highest BCUT2D eigenvalue weighted by Crippen LogP contribution is 2.35. The first-order valence-electron chi connectivity index (χ1n) is 10.9. The average Bonchev–Trinajstić information content (AvgIpc) is 3.17. The highest BCUT2D eigenvalue weighted by molar-refractivity contribution is 6.04. The van der Waals surface area contributed by atoms with Crippen LogP contribution in [0, 0.1) is 5.82 Å². The molecule has 0 aromatic heterocycles. The van der Waals surface area contributed by atoms with Crippen molar-refractivity contribution in [2.75, 3.05) is 11.9 Å². The van der Waals surface area contributed by atoms with Gasteiger partial charge in [-0.15, -0.1) is 0 Å². The van der Waals surface area contributed by atoms with Gasteiger partial charge in [-0.1, -0.05) is 42.5 Å². The molecule has 3 amide bonds. The third-order valence-electron chi connectivity index (χ3n) is 5.48. The summed E-state index contributed by atoms with van der Waals surface area (Å²) in [7, 11) is 0. The fourth-order valence-electron chi connectivity index (χ4n) is 3.86. The van der Waals surface area contributed by atoms with Gasteiger partial charge < -0.3 is 15.4 Å². The van der Waals surface area contributed by atoms with Crippen LogP contribution in [-0.4, -0.2) is 35.4 Å². The molecule has 0 radical (unpaired) electrons. The van der Waals surface area contributed by atoms with Crippen molar-refractivity contribution in [3.05, 3.63) is 101 Å². The molecule has 4 rings (SSSR count). The quantitative estimate of drug-likeness (QED) is 0.550. The van der Waals surface area contributed by atoms with E-state index in [0.717, 1.165) is 0 Å². The summed E-state index contributed by atoms with van der Waals surface area (Å²) in [5.41, 5.74) is 2.24. The Kier molecular flexibility index (Phi) is 6.87. The zero-order valence-electron chi connectivity index (χ0n) is 18.5. The number of hydrogen-bond acceptors (Lipinski definition) is 4. The Bertz CT molecular complexity index is 1180. The Morgan fingerprint density at radius 2 is 1.74 bits per heavy atom. The maximum Gasteiger partial charge on any atom is 0.411 e. The number of halogens is 1. The minimum atomic E-state index is -0.933. The van der Waals surface area contributed by atoms with Crippen LogP contribution in [0.3, 0.4) is 0 Å². The lowest BCUT2D eigenvalue weighted by Gasteiger charge is -2.24. The van der Waals surface area contributed by atoms with Crippen molar-refractivity contribution in [1.29, 1.82) is 0 Å². The van der Waals surface area contributed by atoms with E-state index in [-0.39, 0.29) is 24.2 Å². The molecule has 2 N–H and O–H groups in total. The van der Waals surface area contributed by atoms with Gasteiger partial charge in [-0.2, -0.15) is 0 Å². The summed E-state index contributed by atoms with van der Waals surface area (Å²) in [5.74, 6) is -1.03. The summed E-state index contributed by atoms with van der Waals surface area (Å²) in [6.07, 6.45) is -1.53. The molecule has 0 saturated carbocycles. The van der Waals surface area contributed by atoms with Gasteiger partial charge in [0.05, 0.1) is 6.54 Å². The molecule has 0 bridgehead atoms. The van der Waals surface area contributed by atoms with E-state index in [1.165, 1.54) is 17.0 Å². The molecule has 8 heteroatoms. The maximum absolute atomic E-state index is 13.3. The van der Waals surface area contributed by atoms with Gasteiger partial charge in [0.2, 0.25) is 5.91 Å². The lowest BCUT2D eigenvalue weighted by atomic mass is 10.00. The van der Waals surface area contributed by atoms with Gasteiger partial charge in [0.1, 0.15) is 5.82 Å². The number of carbonyl (C=O) groups is 3. The number of cyclic esters (lactones) is 1. The van der Waals surface area contributed by atoms with E-state index in [1.807, 2.05) is 6.07 Å². The van der Waals surface area contributed by atoms with Crippen molar-refractivity contribution in [1.82, 2.24) is 10.2 Å². The van der Waals surface area contributed by atoms with Gasteiger partial charge in [-0.25, -0.2) is 9.18 Å². The number of ether oxygens (including phenoxy) is 1. The zero-order chi connectivity index (χ0) is 24.1. The molecule has 3 aromatic carbocycles. The molecule has 2 unspecified atom stereocenters. The molecule has 1 aliphatic rings. The van der Waals surface area contributed by atoms with Crippen LogP contribution in [0.4, 0.5) is 14.9 Å². The van der Waals surface area contributed by atoms with Gasteiger partial charge in [0.25, 0.3) is 5.91 Å². The molecule has 7 nitrogen and oxygen atoms in total. The number of likely N-dealkylation sites (N-methyl/N-ethyl adjacent to an activating group) is 1.